The third kappa shape index (κ3) is 3.48. The van der Waals surface area contributed by atoms with Crippen molar-refractivity contribution >= 4 is 29.1 Å². The summed E-state index contributed by atoms with van der Waals surface area (Å²) in [7, 11) is 0. The van der Waals surface area contributed by atoms with E-state index in [1.807, 2.05) is 0 Å². The van der Waals surface area contributed by atoms with Crippen LogP contribution in [0.25, 0.3) is 0 Å². The molecule has 7 heteroatoms. The minimum Gasteiger partial charge on any atom is -0.373 e. The van der Waals surface area contributed by atoms with E-state index in [9.17, 15) is 4.79 Å². The Labute approximate surface area is 133 Å². The molecule has 0 radical (unpaired) electrons. The van der Waals surface area contributed by atoms with Crippen LogP contribution in [-0.4, -0.2) is 54.2 Å². The number of hydrogen-bond donors (Lipinski definition) is 1. The van der Waals surface area contributed by atoms with Crippen LogP contribution in [0.2, 0.25) is 10.2 Å². The first kappa shape index (κ1) is 15.0. The molecule has 0 aromatic carbocycles. The Hall–Kier alpha value is -0.880. The third-order valence-corrected chi connectivity index (χ3v) is 4.53. The second-order valence-electron chi connectivity index (χ2n) is 5.44. The molecule has 2 fully saturated rings. The maximum atomic E-state index is 12.1. The molecule has 0 bridgehead atoms. The van der Waals surface area contributed by atoms with E-state index < -0.39 is 0 Å². The van der Waals surface area contributed by atoms with E-state index in [0.29, 0.717) is 23.2 Å². The molecule has 2 unspecified atom stereocenters. The molecule has 3 heterocycles. The fraction of sp³-hybridized carbons (Fsp3) is 0.571. The normalized spacial score (nSPS) is 25.6. The van der Waals surface area contributed by atoms with E-state index in [1.54, 1.807) is 0 Å². The van der Waals surface area contributed by atoms with Gasteiger partial charge < -0.3 is 10.1 Å². The summed E-state index contributed by atoms with van der Waals surface area (Å²) in [6, 6.07) is 2.03. The molecule has 0 spiro atoms. The number of halogens is 2. The van der Waals surface area contributed by atoms with Gasteiger partial charge in [0.25, 0.3) is 5.91 Å². The molecule has 5 nitrogen and oxygen atoms in total. The minimum atomic E-state index is -0.253. The lowest BCUT2D eigenvalue weighted by molar-refractivity contribution is -0.0461. The van der Waals surface area contributed by atoms with Crippen LogP contribution in [0.3, 0.4) is 0 Å². The molecule has 3 rings (SSSR count). The number of pyridine rings is 1. The van der Waals surface area contributed by atoms with Gasteiger partial charge in [0.1, 0.15) is 5.15 Å². The highest BCUT2D eigenvalue weighted by atomic mass is 35.5. The average Bonchev–Trinajstić information content (AvgIpc) is 2.94. The summed E-state index contributed by atoms with van der Waals surface area (Å²) in [6.45, 7) is 3.22. The number of amides is 1. The van der Waals surface area contributed by atoms with Crippen LogP contribution in [0.4, 0.5) is 0 Å². The largest absolute Gasteiger partial charge is 0.373 e. The molecule has 1 amide bonds. The van der Waals surface area contributed by atoms with Gasteiger partial charge in [0.2, 0.25) is 0 Å². The maximum Gasteiger partial charge on any atom is 0.253 e. The van der Waals surface area contributed by atoms with Crippen molar-refractivity contribution in [3.63, 3.8) is 0 Å². The quantitative estimate of drug-likeness (QED) is 0.861. The maximum absolute atomic E-state index is 12.1. The van der Waals surface area contributed by atoms with Crippen molar-refractivity contribution in [2.24, 2.45) is 0 Å². The van der Waals surface area contributed by atoms with Gasteiger partial charge in [-0.05, 0) is 25.5 Å². The Morgan fingerprint density at radius 2 is 2.38 bits per heavy atom. The van der Waals surface area contributed by atoms with Crippen molar-refractivity contribution in [2.45, 2.75) is 25.0 Å². The van der Waals surface area contributed by atoms with Gasteiger partial charge in [-0.1, -0.05) is 23.2 Å². The number of nitrogens with one attached hydrogen (secondary N) is 1. The highest BCUT2D eigenvalue weighted by Gasteiger charge is 2.32. The lowest BCUT2D eigenvalue weighted by atomic mass is 10.2. The molecule has 2 saturated heterocycles. The number of carbonyl (C=O) groups excluding carboxylic acids is 1. The van der Waals surface area contributed by atoms with Gasteiger partial charge in [0.15, 0.2) is 0 Å². The molecular weight excluding hydrogens is 313 g/mol. The predicted molar refractivity (Wildman–Crippen MR) is 80.9 cm³/mol. The van der Waals surface area contributed by atoms with Gasteiger partial charge >= 0.3 is 0 Å². The van der Waals surface area contributed by atoms with E-state index in [-0.39, 0.29) is 17.2 Å². The van der Waals surface area contributed by atoms with E-state index >= 15 is 0 Å². The third-order valence-electron chi connectivity index (χ3n) is 4.02. The molecule has 114 valence electrons. The summed E-state index contributed by atoms with van der Waals surface area (Å²) in [4.78, 5) is 18.4. The highest BCUT2D eigenvalue weighted by Crippen LogP contribution is 2.22. The number of rotatable bonds is 3. The van der Waals surface area contributed by atoms with Crippen molar-refractivity contribution in [1.29, 1.82) is 0 Å². The number of carbonyl (C=O) groups is 1. The molecule has 1 N–H and O–H groups in total. The van der Waals surface area contributed by atoms with Crippen molar-refractivity contribution in [3.8, 4) is 0 Å². The second kappa shape index (κ2) is 6.48. The smallest absolute Gasteiger partial charge is 0.253 e. The van der Waals surface area contributed by atoms with E-state index in [4.69, 9.17) is 27.9 Å². The average molecular weight is 330 g/mol. The molecule has 2 aliphatic heterocycles. The molecule has 21 heavy (non-hydrogen) atoms. The van der Waals surface area contributed by atoms with Gasteiger partial charge in [0.05, 0.1) is 23.3 Å². The summed E-state index contributed by atoms with van der Waals surface area (Å²) in [5.41, 5.74) is 0.339. The first-order valence-electron chi connectivity index (χ1n) is 7.08. The van der Waals surface area contributed by atoms with Crippen molar-refractivity contribution in [3.05, 3.63) is 28.0 Å². The van der Waals surface area contributed by atoms with Crippen molar-refractivity contribution < 1.29 is 9.53 Å². The second-order valence-corrected chi connectivity index (χ2v) is 6.24. The fourth-order valence-corrected chi connectivity index (χ4v) is 3.25. The lowest BCUT2D eigenvalue weighted by Gasteiger charge is -2.35. The van der Waals surface area contributed by atoms with Crippen molar-refractivity contribution in [1.82, 2.24) is 15.2 Å². The van der Waals surface area contributed by atoms with Gasteiger partial charge in [-0.2, -0.15) is 0 Å². The number of hydrogen-bond acceptors (Lipinski definition) is 4. The van der Waals surface area contributed by atoms with E-state index in [0.717, 1.165) is 19.7 Å². The topological polar surface area (TPSA) is 54.5 Å². The summed E-state index contributed by atoms with van der Waals surface area (Å²) < 4.78 is 5.80. The predicted octanol–water partition coefficient (Wildman–Crippen LogP) is 1.98. The van der Waals surface area contributed by atoms with E-state index in [2.05, 4.69) is 15.2 Å². The zero-order chi connectivity index (χ0) is 14.8. The standard InChI is InChI=1S/C14H17Cl2N3O2/c15-12-6-17-13(16)4-11(12)14(20)18-5-10-7-19-3-1-2-9(19)8-21-10/h4,6,9-10H,1-3,5,7-8H2,(H,18,20). The van der Waals surface area contributed by atoms with Crippen LogP contribution < -0.4 is 5.32 Å². The number of nitrogens with zero attached hydrogens (tertiary/aromatic N) is 2. The fourth-order valence-electron chi connectivity index (χ4n) is 2.90. The van der Waals surface area contributed by atoms with Crippen LogP contribution in [-0.2, 0) is 4.74 Å². The molecule has 1 aromatic heterocycles. The Kier molecular flexibility index (Phi) is 4.64. The number of morpholine rings is 1. The SMILES string of the molecule is O=C(NCC1CN2CCCC2CO1)c1cc(Cl)ncc1Cl. The van der Waals surface area contributed by atoms with Crippen molar-refractivity contribution in [2.75, 3.05) is 26.2 Å². The summed E-state index contributed by atoms with van der Waals surface area (Å²) in [5, 5.41) is 3.40. The zero-order valence-electron chi connectivity index (χ0n) is 11.5. The van der Waals surface area contributed by atoms with E-state index in [1.165, 1.54) is 25.1 Å². The Balaban J connectivity index is 1.55. The minimum absolute atomic E-state index is 0.0272. The molecule has 0 saturated carbocycles. The van der Waals surface area contributed by atoms with Crippen LogP contribution >= 0.6 is 23.2 Å². The molecule has 2 aliphatic rings. The first-order valence-corrected chi connectivity index (χ1v) is 7.84. The molecule has 1 aromatic rings. The molecular formula is C14H17Cl2N3O2. The molecule has 0 aliphatic carbocycles. The first-order chi connectivity index (χ1) is 10.1. The lowest BCUT2D eigenvalue weighted by Crippen LogP contribution is -2.50. The zero-order valence-corrected chi connectivity index (χ0v) is 13.0. The Morgan fingerprint density at radius 3 is 3.24 bits per heavy atom. The Morgan fingerprint density at radius 1 is 1.52 bits per heavy atom. The van der Waals surface area contributed by atoms with Gasteiger partial charge in [-0.15, -0.1) is 0 Å². The Bertz CT molecular complexity index is 541. The van der Waals surface area contributed by atoms with Crippen LogP contribution in [0, 0.1) is 0 Å². The summed E-state index contributed by atoms with van der Waals surface area (Å²) >= 11 is 11.8. The van der Waals surface area contributed by atoms with Crippen LogP contribution in [0.5, 0.6) is 0 Å². The monoisotopic (exact) mass is 329 g/mol. The number of ether oxygens (including phenoxy) is 1. The summed E-state index contributed by atoms with van der Waals surface area (Å²) in [6.07, 6.45) is 3.85. The highest BCUT2D eigenvalue weighted by molar-refractivity contribution is 6.35. The van der Waals surface area contributed by atoms with Gasteiger partial charge in [-0.25, -0.2) is 4.98 Å². The van der Waals surface area contributed by atoms with Gasteiger partial charge in [-0.3, -0.25) is 9.69 Å². The molecule has 2 atom stereocenters. The number of fused-ring (bicyclic) bond motifs is 1. The van der Waals surface area contributed by atoms with Crippen LogP contribution in [0.1, 0.15) is 23.2 Å². The summed E-state index contributed by atoms with van der Waals surface area (Å²) in [5.74, 6) is -0.253. The van der Waals surface area contributed by atoms with Crippen LogP contribution in [0.15, 0.2) is 12.3 Å². The van der Waals surface area contributed by atoms with Gasteiger partial charge in [0, 0.05) is 25.3 Å². The number of aromatic nitrogens is 1.